The van der Waals surface area contributed by atoms with Gasteiger partial charge in [0, 0.05) is 20.2 Å². The number of nitro benzene ring substituents is 1. The first kappa shape index (κ1) is 21.3. The summed E-state index contributed by atoms with van der Waals surface area (Å²) in [5, 5.41) is 12.1. The standard InChI is InChI=1S/C24H20N4O3S/c1-26(2)20-14-13-17(15-21(20)28(30)31)16-22-23(29)27(19-11-7-4-8-12-19)24(32-22)25-18-9-5-3-6-10-18/h3-16H,1-2H3. The number of para-hydroxylation sites is 2. The molecule has 0 aromatic heterocycles. The highest BCUT2D eigenvalue weighted by Gasteiger charge is 2.34. The van der Waals surface area contributed by atoms with E-state index in [1.807, 2.05) is 60.7 Å². The van der Waals surface area contributed by atoms with Gasteiger partial charge in [0.15, 0.2) is 5.17 Å². The van der Waals surface area contributed by atoms with Crippen molar-refractivity contribution in [1.29, 1.82) is 0 Å². The third-order valence-electron chi connectivity index (χ3n) is 4.78. The van der Waals surface area contributed by atoms with Crippen LogP contribution in [0, 0.1) is 10.1 Å². The molecule has 3 aromatic carbocycles. The molecule has 7 nitrogen and oxygen atoms in total. The predicted octanol–water partition coefficient (Wildman–Crippen LogP) is 5.47. The van der Waals surface area contributed by atoms with E-state index >= 15 is 0 Å². The molecule has 0 saturated carbocycles. The summed E-state index contributed by atoms with van der Waals surface area (Å²) in [6.45, 7) is 0. The predicted molar refractivity (Wildman–Crippen MR) is 130 cm³/mol. The number of benzene rings is 3. The van der Waals surface area contributed by atoms with Crippen molar-refractivity contribution in [2.45, 2.75) is 0 Å². The molecule has 160 valence electrons. The molecule has 3 aromatic rings. The van der Waals surface area contributed by atoms with Gasteiger partial charge in [-0.2, -0.15) is 0 Å². The van der Waals surface area contributed by atoms with Gasteiger partial charge in [0.2, 0.25) is 0 Å². The molecular weight excluding hydrogens is 424 g/mol. The van der Waals surface area contributed by atoms with Gasteiger partial charge in [-0.25, -0.2) is 4.99 Å². The van der Waals surface area contributed by atoms with Gasteiger partial charge in [0.25, 0.3) is 11.6 Å². The molecule has 0 N–H and O–H groups in total. The number of carbonyl (C=O) groups excluding carboxylic acids is 1. The molecule has 1 heterocycles. The number of rotatable bonds is 5. The lowest BCUT2D eigenvalue weighted by Crippen LogP contribution is -2.28. The van der Waals surface area contributed by atoms with Gasteiger partial charge in [-0.3, -0.25) is 19.8 Å². The Hall–Kier alpha value is -3.91. The molecule has 0 atom stereocenters. The van der Waals surface area contributed by atoms with E-state index in [1.165, 1.54) is 17.8 Å². The fraction of sp³-hybridized carbons (Fsp3) is 0.0833. The quantitative estimate of drug-likeness (QED) is 0.296. The van der Waals surface area contributed by atoms with E-state index in [2.05, 4.69) is 4.99 Å². The van der Waals surface area contributed by atoms with Crippen molar-refractivity contribution < 1.29 is 9.72 Å². The van der Waals surface area contributed by atoms with Gasteiger partial charge >= 0.3 is 0 Å². The number of nitrogens with zero attached hydrogens (tertiary/aromatic N) is 4. The van der Waals surface area contributed by atoms with Crippen LogP contribution in [0.3, 0.4) is 0 Å². The Morgan fingerprint density at radius 3 is 2.28 bits per heavy atom. The van der Waals surface area contributed by atoms with Crippen molar-refractivity contribution in [3.8, 4) is 0 Å². The van der Waals surface area contributed by atoms with E-state index < -0.39 is 4.92 Å². The zero-order valence-electron chi connectivity index (χ0n) is 17.5. The second kappa shape index (κ2) is 9.07. The number of carbonyl (C=O) groups is 1. The monoisotopic (exact) mass is 444 g/mol. The largest absolute Gasteiger partial charge is 0.372 e. The van der Waals surface area contributed by atoms with Crippen LogP contribution in [0.4, 0.5) is 22.7 Å². The maximum Gasteiger partial charge on any atom is 0.293 e. The van der Waals surface area contributed by atoms with Gasteiger partial charge in [-0.05, 0) is 53.7 Å². The number of amidine groups is 1. The van der Waals surface area contributed by atoms with E-state index in [0.29, 0.717) is 27.0 Å². The van der Waals surface area contributed by atoms with Crippen LogP contribution < -0.4 is 9.80 Å². The van der Waals surface area contributed by atoms with E-state index in [-0.39, 0.29) is 11.6 Å². The zero-order valence-corrected chi connectivity index (χ0v) is 18.3. The SMILES string of the molecule is CN(C)c1ccc(C=C2SC(=Nc3ccccc3)N(c3ccccc3)C2=O)cc1[N+](=O)[O-]. The highest BCUT2D eigenvalue weighted by Crippen LogP contribution is 2.38. The molecule has 1 amide bonds. The first-order valence-electron chi connectivity index (χ1n) is 9.82. The summed E-state index contributed by atoms with van der Waals surface area (Å²) < 4.78 is 0. The Kier molecular flexibility index (Phi) is 6.04. The summed E-state index contributed by atoms with van der Waals surface area (Å²) in [7, 11) is 3.50. The van der Waals surface area contributed by atoms with Gasteiger partial charge in [0.1, 0.15) is 5.69 Å². The Morgan fingerprint density at radius 2 is 1.66 bits per heavy atom. The van der Waals surface area contributed by atoms with Gasteiger partial charge in [-0.15, -0.1) is 0 Å². The first-order valence-corrected chi connectivity index (χ1v) is 10.6. The summed E-state index contributed by atoms with van der Waals surface area (Å²) in [6.07, 6.45) is 1.67. The van der Waals surface area contributed by atoms with Crippen LogP contribution in [0.15, 0.2) is 88.8 Å². The summed E-state index contributed by atoms with van der Waals surface area (Å²) in [4.78, 5) is 32.8. The molecule has 0 radical (unpaired) electrons. The van der Waals surface area contributed by atoms with Crippen LogP contribution in [-0.2, 0) is 4.79 Å². The minimum atomic E-state index is -0.417. The lowest BCUT2D eigenvalue weighted by molar-refractivity contribution is -0.384. The molecule has 4 rings (SSSR count). The summed E-state index contributed by atoms with van der Waals surface area (Å²) >= 11 is 1.24. The molecule has 8 heteroatoms. The Bertz CT molecular complexity index is 1220. The number of thioether (sulfide) groups is 1. The molecule has 1 fully saturated rings. The molecule has 1 aliphatic heterocycles. The molecule has 0 spiro atoms. The van der Waals surface area contributed by atoms with E-state index in [1.54, 1.807) is 42.1 Å². The molecule has 1 saturated heterocycles. The number of aliphatic imine (C=N–C) groups is 1. The van der Waals surface area contributed by atoms with E-state index in [4.69, 9.17) is 0 Å². The minimum Gasteiger partial charge on any atom is -0.372 e. The third kappa shape index (κ3) is 4.40. The molecule has 0 unspecified atom stereocenters. The van der Waals surface area contributed by atoms with Gasteiger partial charge < -0.3 is 4.90 Å². The number of hydrogen-bond acceptors (Lipinski definition) is 6. The van der Waals surface area contributed by atoms with Crippen molar-refractivity contribution in [3.63, 3.8) is 0 Å². The van der Waals surface area contributed by atoms with Crippen LogP contribution >= 0.6 is 11.8 Å². The van der Waals surface area contributed by atoms with Crippen molar-refractivity contribution in [1.82, 2.24) is 0 Å². The van der Waals surface area contributed by atoms with E-state index in [0.717, 1.165) is 5.69 Å². The lowest BCUT2D eigenvalue weighted by Gasteiger charge is -2.15. The fourth-order valence-corrected chi connectivity index (χ4v) is 4.27. The molecule has 0 aliphatic carbocycles. The number of hydrogen-bond donors (Lipinski definition) is 0. The smallest absolute Gasteiger partial charge is 0.293 e. The fourth-order valence-electron chi connectivity index (χ4n) is 3.27. The summed E-state index contributed by atoms with van der Waals surface area (Å²) in [5.41, 5.74) is 2.50. The third-order valence-corrected chi connectivity index (χ3v) is 5.75. The summed E-state index contributed by atoms with van der Waals surface area (Å²) in [5.74, 6) is -0.227. The topological polar surface area (TPSA) is 79.0 Å². The molecular formula is C24H20N4O3S. The second-order valence-electron chi connectivity index (χ2n) is 7.22. The Morgan fingerprint density at radius 1 is 1.00 bits per heavy atom. The normalized spacial score (nSPS) is 16.1. The number of amides is 1. The van der Waals surface area contributed by atoms with Crippen molar-refractivity contribution >= 4 is 51.7 Å². The van der Waals surface area contributed by atoms with Gasteiger partial charge in [0.05, 0.1) is 21.2 Å². The van der Waals surface area contributed by atoms with Crippen LogP contribution in [0.5, 0.6) is 0 Å². The lowest BCUT2D eigenvalue weighted by atomic mass is 10.1. The van der Waals surface area contributed by atoms with Crippen molar-refractivity contribution in [2.75, 3.05) is 23.9 Å². The molecule has 1 aliphatic rings. The maximum atomic E-state index is 13.3. The van der Waals surface area contributed by atoms with Crippen LogP contribution in [0.1, 0.15) is 5.56 Å². The van der Waals surface area contributed by atoms with Crippen molar-refractivity contribution in [2.24, 2.45) is 4.99 Å². The van der Waals surface area contributed by atoms with Crippen LogP contribution in [0.25, 0.3) is 6.08 Å². The first-order chi connectivity index (χ1) is 15.4. The maximum absolute atomic E-state index is 13.3. The van der Waals surface area contributed by atoms with Crippen LogP contribution in [-0.4, -0.2) is 30.1 Å². The molecule has 32 heavy (non-hydrogen) atoms. The Balaban J connectivity index is 1.76. The highest BCUT2D eigenvalue weighted by atomic mass is 32.2. The van der Waals surface area contributed by atoms with Gasteiger partial charge in [-0.1, -0.05) is 42.5 Å². The Labute approximate surface area is 189 Å². The summed E-state index contributed by atoms with van der Waals surface area (Å²) in [6, 6.07) is 23.6. The average Bonchev–Trinajstić information content (AvgIpc) is 3.09. The highest BCUT2D eigenvalue weighted by molar-refractivity contribution is 8.19. The van der Waals surface area contributed by atoms with E-state index in [9.17, 15) is 14.9 Å². The second-order valence-corrected chi connectivity index (χ2v) is 8.23. The number of anilines is 2. The zero-order chi connectivity index (χ0) is 22.7. The van der Waals surface area contributed by atoms with Crippen LogP contribution in [0.2, 0.25) is 0 Å². The number of nitro groups is 1. The average molecular weight is 445 g/mol. The molecule has 0 bridgehead atoms. The van der Waals surface area contributed by atoms with Crippen molar-refractivity contribution in [3.05, 3.63) is 99.4 Å². The minimum absolute atomic E-state index is 0.0158.